The number of aromatic nitrogens is 1. The highest BCUT2D eigenvalue weighted by atomic mass is 32.2. The SMILES string of the molecule is CC(=C/c1sc2oc3ccccc3c2[n+]1CCO)/C=C1\Sc2ccccc2N1CCO. The summed E-state index contributed by atoms with van der Waals surface area (Å²) >= 11 is 3.31. The molecule has 7 heteroatoms. The van der Waals surface area contributed by atoms with Crippen LogP contribution in [-0.2, 0) is 6.54 Å². The Hall–Kier alpha value is -2.58. The minimum atomic E-state index is 0.0619. The second-order valence-corrected chi connectivity index (χ2v) is 9.42. The van der Waals surface area contributed by atoms with Gasteiger partial charge < -0.3 is 19.5 Å². The fraction of sp³-hybridized carbons (Fsp3) is 0.208. The van der Waals surface area contributed by atoms with Gasteiger partial charge in [0.15, 0.2) is 6.54 Å². The zero-order chi connectivity index (χ0) is 21.4. The Morgan fingerprint density at radius 3 is 2.74 bits per heavy atom. The van der Waals surface area contributed by atoms with Crippen molar-refractivity contribution in [3.63, 3.8) is 0 Å². The average Bonchev–Trinajstić information content (AvgIpc) is 3.40. The number of hydrogen-bond acceptors (Lipinski definition) is 6. The summed E-state index contributed by atoms with van der Waals surface area (Å²) in [5.41, 5.74) is 4.13. The summed E-state index contributed by atoms with van der Waals surface area (Å²) in [6.07, 6.45) is 4.29. The molecule has 31 heavy (non-hydrogen) atoms. The maximum absolute atomic E-state index is 9.68. The van der Waals surface area contributed by atoms with Crippen LogP contribution in [0.4, 0.5) is 5.69 Å². The second-order valence-electron chi connectivity index (χ2n) is 7.37. The number of thioether (sulfide) groups is 1. The monoisotopic (exact) mass is 451 g/mol. The number of hydrogen-bond donors (Lipinski definition) is 2. The predicted molar refractivity (Wildman–Crippen MR) is 127 cm³/mol. The lowest BCUT2D eigenvalue weighted by Crippen LogP contribution is -2.36. The van der Waals surface area contributed by atoms with Gasteiger partial charge in [-0.05, 0) is 54.2 Å². The molecule has 1 aliphatic rings. The van der Waals surface area contributed by atoms with Gasteiger partial charge in [0.1, 0.15) is 12.2 Å². The van der Waals surface area contributed by atoms with Gasteiger partial charge in [-0.25, -0.2) is 0 Å². The Balaban J connectivity index is 1.55. The average molecular weight is 452 g/mol. The molecule has 5 nitrogen and oxygen atoms in total. The maximum atomic E-state index is 9.68. The third-order valence-corrected chi connectivity index (χ3v) is 7.38. The van der Waals surface area contributed by atoms with Gasteiger partial charge in [0, 0.05) is 17.5 Å². The minimum absolute atomic E-state index is 0.0619. The Labute approximate surface area is 188 Å². The quantitative estimate of drug-likeness (QED) is 0.413. The molecule has 1 aliphatic heterocycles. The number of thiazole rings is 1. The van der Waals surface area contributed by atoms with Crippen LogP contribution in [0.2, 0.25) is 0 Å². The van der Waals surface area contributed by atoms with Crippen LogP contribution >= 0.6 is 23.1 Å². The lowest BCUT2D eigenvalue weighted by Gasteiger charge is -2.19. The predicted octanol–water partition coefficient (Wildman–Crippen LogP) is 4.78. The van der Waals surface area contributed by atoms with E-state index in [0.717, 1.165) is 42.7 Å². The molecule has 2 aromatic heterocycles. The van der Waals surface area contributed by atoms with Crippen LogP contribution in [0, 0.1) is 0 Å². The van der Waals surface area contributed by atoms with Gasteiger partial charge in [-0.3, -0.25) is 0 Å². The lowest BCUT2D eigenvalue weighted by atomic mass is 10.2. The minimum Gasteiger partial charge on any atom is -0.439 e. The summed E-state index contributed by atoms with van der Waals surface area (Å²) in [5.74, 6) is 0. The zero-order valence-electron chi connectivity index (χ0n) is 17.1. The maximum Gasteiger partial charge on any atom is 0.271 e. The van der Waals surface area contributed by atoms with Crippen LogP contribution < -0.4 is 9.47 Å². The first-order chi connectivity index (χ1) is 15.2. The van der Waals surface area contributed by atoms with E-state index in [9.17, 15) is 10.2 Å². The number of anilines is 1. The van der Waals surface area contributed by atoms with E-state index in [2.05, 4.69) is 46.7 Å². The van der Waals surface area contributed by atoms with E-state index in [1.165, 1.54) is 4.90 Å². The van der Waals surface area contributed by atoms with Crippen molar-refractivity contribution < 1.29 is 19.2 Å². The molecule has 0 saturated carbocycles. The highest BCUT2D eigenvalue weighted by molar-refractivity contribution is 8.03. The molecule has 2 N–H and O–H groups in total. The molecule has 0 bridgehead atoms. The molecule has 0 saturated heterocycles. The topological polar surface area (TPSA) is 60.7 Å². The molecule has 0 spiro atoms. The van der Waals surface area contributed by atoms with Crippen molar-refractivity contribution in [3.05, 3.63) is 70.2 Å². The molecule has 2 aromatic carbocycles. The molecule has 4 aromatic rings. The summed E-state index contributed by atoms with van der Waals surface area (Å²) < 4.78 is 8.19. The number of para-hydroxylation sites is 2. The van der Waals surface area contributed by atoms with Crippen LogP contribution in [-0.4, -0.2) is 30.0 Å². The molecular weight excluding hydrogens is 428 g/mol. The molecule has 0 atom stereocenters. The van der Waals surface area contributed by atoms with Gasteiger partial charge >= 0.3 is 0 Å². The van der Waals surface area contributed by atoms with Gasteiger partial charge in [-0.2, -0.15) is 4.57 Å². The smallest absolute Gasteiger partial charge is 0.271 e. The summed E-state index contributed by atoms with van der Waals surface area (Å²) in [6.45, 7) is 3.31. The first-order valence-electron chi connectivity index (χ1n) is 10.2. The molecule has 5 rings (SSSR count). The van der Waals surface area contributed by atoms with Crippen molar-refractivity contribution >= 4 is 56.2 Å². The fourth-order valence-corrected chi connectivity index (χ4v) is 6.32. The number of allylic oxidation sites excluding steroid dienone is 2. The third kappa shape index (κ3) is 3.68. The van der Waals surface area contributed by atoms with Crippen molar-refractivity contribution in [3.8, 4) is 0 Å². The van der Waals surface area contributed by atoms with Gasteiger partial charge in [0.25, 0.3) is 15.4 Å². The standard InChI is InChI=1S/C24H23N2O3S2/c1-16(14-21-25(10-12-27)18-7-3-5-9-20(18)30-21)15-22-26(11-13-28)23-17-6-2-4-8-19(17)29-24(23)31-22/h2-9,14-15,27-28H,10-13H2,1H3/q+1. The number of β-amino-alcohol motifs (C(OH)–C–C–N with tert-alkyl or cyclic N) is 1. The van der Waals surface area contributed by atoms with E-state index in [4.69, 9.17) is 4.42 Å². The summed E-state index contributed by atoms with van der Waals surface area (Å²) in [6, 6.07) is 16.3. The van der Waals surface area contributed by atoms with Crippen LogP contribution in [0.15, 0.2) is 74.5 Å². The first kappa shape index (κ1) is 20.3. The van der Waals surface area contributed by atoms with Gasteiger partial charge in [0.05, 0.1) is 22.7 Å². The molecular formula is C24H23N2O3S2+. The molecule has 3 heterocycles. The van der Waals surface area contributed by atoms with Crippen LogP contribution in [0.1, 0.15) is 11.9 Å². The van der Waals surface area contributed by atoms with E-state index in [1.54, 1.807) is 23.1 Å². The first-order valence-corrected chi connectivity index (χ1v) is 11.8. The van der Waals surface area contributed by atoms with Crippen LogP contribution in [0.5, 0.6) is 0 Å². The number of rotatable bonds is 6. The van der Waals surface area contributed by atoms with Crippen molar-refractivity contribution in [2.24, 2.45) is 0 Å². The van der Waals surface area contributed by atoms with Crippen molar-refractivity contribution in [2.75, 3.05) is 24.7 Å². The summed E-state index contributed by atoms with van der Waals surface area (Å²) in [7, 11) is 0. The van der Waals surface area contributed by atoms with E-state index < -0.39 is 0 Å². The fourth-order valence-electron chi connectivity index (χ4n) is 3.95. The summed E-state index contributed by atoms with van der Waals surface area (Å²) in [4.78, 5) is 4.23. The largest absolute Gasteiger partial charge is 0.439 e. The highest BCUT2D eigenvalue weighted by Crippen LogP contribution is 2.46. The normalized spacial score (nSPS) is 15.5. The van der Waals surface area contributed by atoms with Crippen LogP contribution in [0.25, 0.3) is 27.5 Å². The number of nitrogens with zero attached hydrogens (tertiary/aromatic N) is 2. The van der Waals surface area contributed by atoms with Gasteiger partial charge in [0.2, 0.25) is 0 Å². The number of furan rings is 1. The highest BCUT2D eigenvalue weighted by Gasteiger charge is 2.26. The number of aliphatic hydroxyl groups is 2. The van der Waals surface area contributed by atoms with Gasteiger partial charge in [-0.15, -0.1) is 0 Å². The molecule has 0 radical (unpaired) electrons. The number of fused-ring (bicyclic) bond motifs is 4. The van der Waals surface area contributed by atoms with Gasteiger partial charge in [-0.1, -0.05) is 36.0 Å². The summed E-state index contributed by atoms with van der Waals surface area (Å²) in [5, 5.41) is 22.4. The Morgan fingerprint density at radius 1 is 1.10 bits per heavy atom. The van der Waals surface area contributed by atoms with Crippen molar-refractivity contribution in [1.29, 1.82) is 0 Å². The zero-order valence-corrected chi connectivity index (χ0v) is 18.7. The third-order valence-electron chi connectivity index (χ3n) is 5.26. The molecule has 0 fully saturated rings. The van der Waals surface area contributed by atoms with Crippen molar-refractivity contribution in [2.45, 2.75) is 18.4 Å². The van der Waals surface area contributed by atoms with E-state index >= 15 is 0 Å². The molecule has 0 unspecified atom stereocenters. The second kappa shape index (κ2) is 8.51. The van der Waals surface area contributed by atoms with E-state index in [1.807, 2.05) is 30.3 Å². The Morgan fingerprint density at radius 2 is 1.90 bits per heavy atom. The Kier molecular flexibility index (Phi) is 5.58. The van der Waals surface area contributed by atoms with Crippen LogP contribution in [0.3, 0.4) is 0 Å². The lowest BCUT2D eigenvalue weighted by molar-refractivity contribution is -0.669. The molecule has 0 aliphatic carbocycles. The van der Waals surface area contributed by atoms with Crippen molar-refractivity contribution in [1.82, 2.24) is 0 Å². The number of benzene rings is 2. The Bertz CT molecular complexity index is 1320. The molecule has 158 valence electrons. The van der Waals surface area contributed by atoms with E-state index in [-0.39, 0.29) is 13.2 Å². The van der Waals surface area contributed by atoms with E-state index in [0.29, 0.717) is 13.1 Å². The number of aliphatic hydroxyl groups excluding tert-OH is 2. The molecule has 0 amide bonds.